The molecule has 0 saturated heterocycles. The zero-order valence-electron chi connectivity index (χ0n) is 15.6. The molecule has 146 valence electrons. The molecule has 0 fully saturated rings. The first-order chi connectivity index (χ1) is 13.5. The molecule has 0 atom stereocenters. The summed E-state index contributed by atoms with van der Waals surface area (Å²) < 4.78 is 10.5. The van der Waals surface area contributed by atoms with Crippen molar-refractivity contribution in [3.05, 3.63) is 53.7 Å². The number of hydrogen-bond donors (Lipinski definition) is 2. The van der Waals surface area contributed by atoms with Gasteiger partial charge in [-0.1, -0.05) is 18.2 Å². The molecule has 1 heterocycles. The average molecular weight is 383 g/mol. The summed E-state index contributed by atoms with van der Waals surface area (Å²) in [5.41, 5.74) is 2.12. The Morgan fingerprint density at radius 2 is 1.79 bits per heavy atom. The molecule has 0 unspecified atom stereocenters. The lowest BCUT2D eigenvalue weighted by Crippen LogP contribution is -2.36. The van der Waals surface area contributed by atoms with E-state index in [0.717, 1.165) is 10.9 Å². The molecule has 0 spiro atoms. The number of para-hydroxylation sites is 1. The van der Waals surface area contributed by atoms with Gasteiger partial charge in [0.15, 0.2) is 0 Å². The van der Waals surface area contributed by atoms with Crippen molar-refractivity contribution in [3.63, 3.8) is 0 Å². The maximum atomic E-state index is 12.9. The van der Waals surface area contributed by atoms with Gasteiger partial charge in [-0.25, -0.2) is 0 Å². The third-order valence-corrected chi connectivity index (χ3v) is 4.33. The minimum Gasteiger partial charge on any atom is -0.497 e. The molecule has 3 aromatic rings. The van der Waals surface area contributed by atoms with Gasteiger partial charge in [0.1, 0.15) is 18.0 Å². The van der Waals surface area contributed by atoms with E-state index in [1.807, 2.05) is 24.3 Å². The maximum Gasteiger partial charge on any atom is 0.323 e. The Morgan fingerprint density at radius 3 is 2.43 bits per heavy atom. The molecule has 1 amide bonds. The Hall–Kier alpha value is -3.55. The maximum absolute atomic E-state index is 12.9. The van der Waals surface area contributed by atoms with Crippen molar-refractivity contribution >= 4 is 22.8 Å². The van der Waals surface area contributed by atoms with Gasteiger partial charge in [0.25, 0.3) is 0 Å². The van der Waals surface area contributed by atoms with E-state index in [1.54, 1.807) is 18.2 Å². The van der Waals surface area contributed by atoms with Gasteiger partial charge in [-0.3, -0.25) is 14.7 Å². The second-order valence-electron chi connectivity index (χ2n) is 6.26. The van der Waals surface area contributed by atoms with Crippen LogP contribution < -0.4 is 9.47 Å². The summed E-state index contributed by atoms with van der Waals surface area (Å²) in [6.07, 6.45) is 0.0227. The van der Waals surface area contributed by atoms with Gasteiger partial charge in [-0.05, 0) is 23.8 Å². The molecule has 0 aliphatic carbocycles. The molecule has 0 aliphatic heterocycles. The summed E-state index contributed by atoms with van der Waals surface area (Å²) in [5, 5.41) is 17.1. The lowest BCUT2D eigenvalue weighted by Gasteiger charge is -2.21. The summed E-state index contributed by atoms with van der Waals surface area (Å²) in [6.45, 7) is -0.296. The first-order valence-corrected chi connectivity index (χ1v) is 8.63. The largest absolute Gasteiger partial charge is 0.497 e. The minimum atomic E-state index is -1.09. The normalized spacial score (nSPS) is 10.6. The van der Waals surface area contributed by atoms with Crippen molar-refractivity contribution in [2.45, 2.75) is 13.0 Å². The van der Waals surface area contributed by atoms with Gasteiger partial charge in [-0.2, -0.15) is 5.10 Å². The summed E-state index contributed by atoms with van der Waals surface area (Å²) >= 11 is 0. The number of aromatic nitrogens is 2. The van der Waals surface area contributed by atoms with E-state index in [1.165, 1.54) is 19.1 Å². The number of nitrogens with one attached hydrogen (secondary N) is 1. The molecular weight excluding hydrogens is 362 g/mol. The van der Waals surface area contributed by atoms with Crippen LogP contribution >= 0.6 is 0 Å². The highest BCUT2D eigenvalue weighted by Gasteiger charge is 2.20. The summed E-state index contributed by atoms with van der Waals surface area (Å²) in [6, 6.07) is 12.6. The van der Waals surface area contributed by atoms with Crippen LogP contribution in [-0.2, 0) is 22.6 Å². The molecular formula is C20H21N3O5. The predicted octanol–water partition coefficient (Wildman–Crippen LogP) is 2.24. The SMILES string of the molecule is COc1cc(CN(CC(=O)O)C(=O)Cc2[nH]nc3ccccc23)cc(OC)c1. The van der Waals surface area contributed by atoms with E-state index in [4.69, 9.17) is 9.47 Å². The predicted molar refractivity (Wildman–Crippen MR) is 102 cm³/mol. The second-order valence-corrected chi connectivity index (χ2v) is 6.26. The number of fused-ring (bicyclic) bond motifs is 1. The number of ether oxygens (including phenoxy) is 2. The number of methoxy groups -OCH3 is 2. The van der Waals surface area contributed by atoms with E-state index in [9.17, 15) is 14.7 Å². The fourth-order valence-electron chi connectivity index (χ4n) is 2.99. The molecule has 1 aromatic heterocycles. The summed E-state index contributed by atoms with van der Waals surface area (Å²) in [7, 11) is 3.06. The lowest BCUT2D eigenvalue weighted by atomic mass is 10.1. The number of aromatic amines is 1. The van der Waals surface area contributed by atoms with E-state index < -0.39 is 12.5 Å². The molecule has 2 N–H and O–H groups in total. The second kappa shape index (κ2) is 8.43. The van der Waals surface area contributed by atoms with Crippen molar-refractivity contribution in [2.75, 3.05) is 20.8 Å². The van der Waals surface area contributed by atoms with Gasteiger partial charge in [0.05, 0.1) is 31.9 Å². The van der Waals surface area contributed by atoms with Crippen LogP contribution in [0.2, 0.25) is 0 Å². The number of carboxylic acids is 1. The number of rotatable bonds is 8. The van der Waals surface area contributed by atoms with Crippen molar-refractivity contribution in [3.8, 4) is 11.5 Å². The standard InChI is InChI=1S/C20H21N3O5/c1-27-14-7-13(8-15(9-14)28-2)11-23(12-20(25)26)19(24)10-18-16-5-3-4-6-17(16)21-22-18/h3-9H,10-12H2,1-2H3,(H,21,22)(H,25,26). The molecule has 3 rings (SSSR count). The quantitative estimate of drug-likeness (QED) is 0.618. The van der Waals surface area contributed by atoms with Crippen LogP contribution in [0.5, 0.6) is 11.5 Å². The van der Waals surface area contributed by atoms with Crippen LogP contribution in [0.1, 0.15) is 11.3 Å². The zero-order valence-corrected chi connectivity index (χ0v) is 15.6. The smallest absolute Gasteiger partial charge is 0.323 e. The Balaban J connectivity index is 1.83. The first-order valence-electron chi connectivity index (χ1n) is 8.63. The number of hydrogen-bond acceptors (Lipinski definition) is 5. The van der Waals surface area contributed by atoms with Crippen LogP contribution in [0.3, 0.4) is 0 Å². The number of amides is 1. The molecule has 8 nitrogen and oxygen atoms in total. The number of aliphatic carboxylic acids is 1. The van der Waals surface area contributed by atoms with Crippen LogP contribution in [0.25, 0.3) is 10.9 Å². The fraction of sp³-hybridized carbons (Fsp3) is 0.250. The van der Waals surface area contributed by atoms with Gasteiger partial charge in [0.2, 0.25) is 5.91 Å². The highest BCUT2D eigenvalue weighted by atomic mass is 16.5. The van der Waals surface area contributed by atoms with Crippen molar-refractivity contribution < 1.29 is 24.2 Å². The summed E-state index contributed by atoms with van der Waals surface area (Å²) in [5.74, 6) is -0.274. The Bertz CT molecular complexity index is 976. The Kier molecular flexibility index (Phi) is 5.78. The van der Waals surface area contributed by atoms with Gasteiger partial charge >= 0.3 is 5.97 Å². The molecule has 0 saturated carbocycles. The highest BCUT2D eigenvalue weighted by Crippen LogP contribution is 2.24. The monoisotopic (exact) mass is 383 g/mol. The number of carboxylic acid groups (broad SMARTS) is 1. The van der Waals surface area contributed by atoms with Crippen LogP contribution in [0.4, 0.5) is 0 Å². The molecule has 28 heavy (non-hydrogen) atoms. The number of benzene rings is 2. The number of carbonyl (C=O) groups excluding carboxylic acids is 1. The topological polar surface area (TPSA) is 105 Å². The van der Waals surface area contributed by atoms with Crippen LogP contribution in [0.15, 0.2) is 42.5 Å². The average Bonchev–Trinajstić information content (AvgIpc) is 3.09. The molecule has 2 aromatic carbocycles. The zero-order chi connectivity index (χ0) is 20.1. The van der Waals surface area contributed by atoms with Gasteiger partial charge in [0, 0.05) is 18.0 Å². The van der Waals surface area contributed by atoms with E-state index in [-0.39, 0.29) is 18.9 Å². The van der Waals surface area contributed by atoms with Crippen molar-refractivity contribution in [1.82, 2.24) is 15.1 Å². The lowest BCUT2D eigenvalue weighted by molar-refractivity contribution is -0.144. The summed E-state index contributed by atoms with van der Waals surface area (Å²) in [4.78, 5) is 25.4. The van der Waals surface area contributed by atoms with E-state index in [2.05, 4.69) is 10.2 Å². The van der Waals surface area contributed by atoms with Crippen molar-refractivity contribution in [1.29, 1.82) is 0 Å². The number of H-pyrrole nitrogens is 1. The Morgan fingerprint density at radius 1 is 1.11 bits per heavy atom. The number of carbonyl (C=O) groups is 2. The Labute approximate surface area is 161 Å². The fourth-order valence-corrected chi connectivity index (χ4v) is 2.99. The van der Waals surface area contributed by atoms with Crippen molar-refractivity contribution in [2.24, 2.45) is 0 Å². The van der Waals surface area contributed by atoms with E-state index in [0.29, 0.717) is 22.8 Å². The molecule has 8 heteroatoms. The third kappa shape index (κ3) is 4.40. The molecule has 0 radical (unpaired) electrons. The first kappa shape index (κ1) is 19.2. The minimum absolute atomic E-state index is 0.0227. The third-order valence-electron chi connectivity index (χ3n) is 4.33. The van der Waals surface area contributed by atoms with Gasteiger partial charge in [-0.15, -0.1) is 0 Å². The van der Waals surface area contributed by atoms with Crippen LogP contribution in [-0.4, -0.2) is 52.8 Å². The molecule has 0 bridgehead atoms. The van der Waals surface area contributed by atoms with Gasteiger partial charge < -0.3 is 19.5 Å². The number of nitrogens with zero attached hydrogens (tertiary/aromatic N) is 2. The van der Waals surface area contributed by atoms with E-state index >= 15 is 0 Å². The molecule has 0 aliphatic rings. The highest BCUT2D eigenvalue weighted by molar-refractivity contribution is 5.88. The van der Waals surface area contributed by atoms with Crippen LogP contribution in [0, 0.1) is 0 Å².